The summed E-state index contributed by atoms with van der Waals surface area (Å²) in [6.45, 7) is 0.699. The van der Waals surface area contributed by atoms with Gasteiger partial charge >= 0.3 is 0 Å². The van der Waals surface area contributed by atoms with Crippen LogP contribution in [0.3, 0.4) is 0 Å². The van der Waals surface area contributed by atoms with Gasteiger partial charge in [-0.15, -0.1) is 0 Å². The molecule has 0 radical (unpaired) electrons. The van der Waals surface area contributed by atoms with E-state index in [0.29, 0.717) is 11.5 Å². The van der Waals surface area contributed by atoms with Crippen molar-refractivity contribution in [2.75, 3.05) is 6.61 Å². The zero-order valence-electron chi connectivity index (χ0n) is 11.4. The molecule has 21 heavy (non-hydrogen) atoms. The Kier molecular flexibility index (Phi) is 6.56. The van der Waals surface area contributed by atoms with Crippen molar-refractivity contribution in [2.45, 2.75) is 25.7 Å². The lowest BCUT2D eigenvalue weighted by molar-refractivity contribution is -0.115. The van der Waals surface area contributed by atoms with Crippen molar-refractivity contribution in [2.24, 2.45) is 0 Å². The number of allylic oxidation sites excluding steroid dienone is 1. The predicted octanol–water partition coefficient (Wildman–Crippen LogP) is 4.10. The van der Waals surface area contributed by atoms with Crippen LogP contribution in [0.5, 0.6) is 5.75 Å². The van der Waals surface area contributed by atoms with Gasteiger partial charge in [0.1, 0.15) is 5.75 Å². The molecule has 0 aliphatic carbocycles. The highest BCUT2D eigenvalue weighted by Gasteiger charge is 2.24. The van der Waals surface area contributed by atoms with Crippen molar-refractivity contribution in [3.63, 3.8) is 0 Å². The Morgan fingerprint density at radius 3 is 2.57 bits per heavy atom. The highest BCUT2D eigenvalue weighted by molar-refractivity contribution is 14.1. The van der Waals surface area contributed by atoms with E-state index in [-0.39, 0.29) is 11.1 Å². The number of halogens is 1. The van der Waals surface area contributed by atoms with Crippen molar-refractivity contribution in [1.29, 1.82) is 0 Å². The maximum absolute atomic E-state index is 11.3. The third kappa shape index (κ3) is 5.70. The minimum absolute atomic E-state index is 0.271. The van der Waals surface area contributed by atoms with Gasteiger partial charge in [-0.3, -0.25) is 14.9 Å². The second kappa shape index (κ2) is 8.43. The van der Waals surface area contributed by atoms with Crippen LogP contribution in [0.25, 0.3) is 0 Å². The van der Waals surface area contributed by atoms with E-state index in [9.17, 15) is 9.59 Å². The molecule has 2 rings (SSSR count). The van der Waals surface area contributed by atoms with Crippen LogP contribution in [0.2, 0.25) is 0 Å². The molecule has 112 valence electrons. The molecule has 0 unspecified atom stereocenters. The number of hydrogen-bond donors (Lipinski definition) is 1. The first-order chi connectivity index (χ1) is 10.1. The van der Waals surface area contributed by atoms with Crippen LogP contribution < -0.4 is 10.1 Å². The van der Waals surface area contributed by atoms with Crippen LogP contribution in [0.4, 0.5) is 4.79 Å². The molecule has 2 amide bonds. The van der Waals surface area contributed by atoms with Gasteiger partial charge < -0.3 is 4.74 Å². The van der Waals surface area contributed by atoms with Gasteiger partial charge in [0.25, 0.3) is 11.1 Å². The molecule has 1 saturated heterocycles. The van der Waals surface area contributed by atoms with Gasteiger partial charge in [-0.1, -0.05) is 6.08 Å². The summed E-state index contributed by atoms with van der Waals surface area (Å²) >= 11 is 3.24. The fraction of sp³-hybridized carbons (Fsp3) is 0.333. The van der Waals surface area contributed by atoms with Crippen LogP contribution in [-0.2, 0) is 4.79 Å². The summed E-state index contributed by atoms with van der Waals surface area (Å²) in [7, 11) is 0. The predicted molar refractivity (Wildman–Crippen MR) is 92.3 cm³/mol. The topological polar surface area (TPSA) is 55.4 Å². The lowest BCUT2D eigenvalue weighted by Crippen LogP contribution is -2.17. The summed E-state index contributed by atoms with van der Waals surface area (Å²) in [5, 5.41) is 1.97. The molecule has 1 fully saturated rings. The van der Waals surface area contributed by atoms with Crippen LogP contribution in [0.1, 0.15) is 25.7 Å². The quantitative estimate of drug-likeness (QED) is 0.413. The number of unbranched alkanes of at least 4 members (excludes halogenated alkanes) is 3. The normalized spacial score (nSPS) is 16.3. The second-order valence-corrected chi connectivity index (χ2v) is 6.82. The average Bonchev–Trinajstić information content (AvgIpc) is 2.78. The van der Waals surface area contributed by atoms with Crippen molar-refractivity contribution in [3.05, 3.63) is 38.8 Å². The molecule has 0 spiro atoms. The first-order valence-corrected chi connectivity index (χ1v) is 8.66. The Balaban J connectivity index is 1.56. The van der Waals surface area contributed by atoms with Gasteiger partial charge in [0.05, 0.1) is 11.5 Å². The highest BCUT2D eigenvalue weighted by atomic mass is 127. The van der Waals surface area contributed by atoms with E-state index in [1.807, 2.05) is 30.3 Å². The fourth-order valence-electron chi connectivity index (χ4n) is 1.84. The fourth-order valence-corrected chi connectivity index (χ4v) is 2.89. The zero-order valence-corrected chi connectivity index (χ0v) is 14.4. The van der Waals surface area contributed by atoms with Crippen molar-refractivity contribution < 1.29 is 14.3 Å². The SMILES string of the molecule is O=C1NC(=O)C(=CCCCCCOc2ccc(I)cc2)S1. The smallest absolute Gasteiger partial charge is 0.290 e. The van der Waals surface area contributed by atoms with Gasteiger partial charge in [-0.25, -0.2) is 0 Å². The minimum atomic E-state index is -0.280. The number of thioether (sulfide) groups is 1. The second-order valence-electron chi connectivity index (χ2n) is 4.56. The van der Waals surface area contributed by atoms with Crippen LogP contribution >= 0.6 is 34.4 Å². The molecule has 0 saturated carbocycles. The monoisotopic (exact) mass is 417 g/mol. The summed E-state index contributed by atoms with van der Waals surface area (Å²) < 4.78 is 6.84. The first-order valence-electron chi connectivity index (χ1n) is 6.77. The zero-order chi connectivity index (χ0) is 15.1. The molecule has 0 bridgehead atoms. The number of benzene rings is 1. The Morgan fingerprint density at radius 2 is 1.90 bits per heavy atom. The summed E-state index contributed by atoms with van der Waals surface area (Å²) in [4.78, 5) is 22.8. The largest absolute Gasteiger partial charge is 0.494 e. The van der Waals surface area contributed by atoms with Gasteiger partial charge in [-0.05, 0) is 84.3 Å². The summed E-state index contributed by atoms with van der Waals surface area (Å²) in [6.07, 6.45) is 5.65. The van der Waals surface area contributed by atoms with Crippen LogP contribution in [0, 0.1) is 3.57 Å². The van der Waals surface area contributed by atoms with E-state index in [1.54, 1.807) is 0 Å². The number of carbonyl (C=O) groups excluding carboxylic acids is 2. The number of imide groups is 1. The molecule has 0 atom stereocenters. The molecular formula is C15H16INO3S. The van der Waals surface area contributed by atoms with E-state index >= 15 is 0 Å². The standard InChI is InChI=1S/C15H16INO3S/c16-11-6-8-12(9-7-11)20-10-4-2-1-3-5-13-14(18)17-15(19)21-13/h5-9H,1-4,10H2,(H,17,18,19). The van der Waals surface area contributed by atoms with E-state index in [1.165, 1.54) is 3.57 Å². The molecule has 0 aromatic heterocycles. The number of amides is 2. The van der Waals surface area contributed by atoms with E-state index in [0.717, 1.165) is 43.2 Å². The molecule has 1 N–H and O–H groups in total. The molecule has 6 heteroatoms. The van der Waals surface area contributed by atoms with Crippen LogP contribution in [0.15, 0.2) is 35.2 Å². The van der Waals surface area contributed by atoms with Gasteiger partial charge in [0, 0.05) is 3.57 Å². The van der Waals surface area contributed by atoms with Crippen molar-refractivity contribution in [3.8, 4) is 5.75 Å². The Labute approximate surface area is 141 Å². The van der Waals surface area contributed by atoms with Gasteiger partial charge in [0.2, 0.25) is 0 Å². The Bertz CT molecular complexity index is 542. The summed E-state index contributed by atoms with van der Waals surface area (Å²) in [5.41, 5.74) is 0. The van der Waals surface area contributed by atoms with Gasteiger partial charge in [0.15, 0.2) is 0 Å². The lowest BCUT2D eigenvalue weighted by atomic mass is 10.2. The van der Waals surface area contributed by atoms with Crippen molar-refractivity contribution in [1.82, 2.24) is 5.32 Å². The Morgan fingerprint density at radius 1 is 1.14 bits per heavy atom. The average molecular weight is 417 g/mol. The maximum atomic E-state index is 11.3. The third-order valence-corrected chi connectivity index (χ3v) is 4.48. The molecule has 1 aromatic carbocycles. The van der Waals surface area contributed by atoms with Gasteiger partial charge in [-0.2, -0.15) is 0 Å². The third-order valence-electron chi connectivity index (χ3n) is 2.90. The molecular weight excluding hydrogens is 401 g/mol. The van der Waals surface area contributed by atoms with E-state index in [4.69, 9.17) is 4.74 Å². The number of hydrogen-bond acceptors (Lipinski definition) is 4. The number of nitrogens with one attached hydrogen (secondary N) is 1. The summed E-state index contributed by atoms with van der Waals surface area (Å²) in [6, 6.07) is 7.99. The molecule has 1 aromatic rings. The lowest BCUT2D eigenvalue weighted by Gasteiger charge is -2.05. The highest BCUT2D eigenvalue weighted by Crippen LogP contribution is 2.23. The molecule has 1 aliphatic heterocycles. The number of carbonyl (C=O) groups is 2. The summed E-state index contributed by atoms with van der Waals surface area (Å²) in [5.74, 6) is 0.627. The number of rotatable bonds is 7. The maximum Gasteiger partial charge on any atom is 0.290 e. The molecule has 1 heterocycles. The number of ether oxygens (including phenoxy) is 1. The Hall–Kier alpha value is -1.02. The van der Waals surface area contributed by atoms with Crippen molar-refractivity contribution >= 4 is 45.5 Å². The molecule has 4 nitrogen and oxygen atoms in total. The van der Waals surface area contributed by atoms with E-state index in [2.05, 4.69) is 27.9 Å². The van der Waals surface area contributed by atoms with E-state index < -0.39 is 0 Å². The minimum Gasteiger partial charge on any atom is -0.494 e. The molecule has 1 aliphatic rings. The van der Waals surface area contributed by atoms with Crippen LogP contribution in [-0.4, -0.2) is 17.8 Å². The first kappa shape index (κ1) is 16.4.